The van der Waals surface area contributed by atoms with Gasteiger partial charge in [-0.15, -0.1) is 0 Å². The predicted molar refractivity (Wildman–Crippen MR) is 64.7 cm³/mol. The van der Waals surface area contributed by atoms with Crippen molar-refractivity contribution in [1.29, 1.82) is 0 Å². The Hall–Kier alpha value is -1.62. The van der Waals surface area contributed by atoms with Crippen LogP contribution < -0.4 is 20.5 Å². The quantitative estimate of drug-likeness (QED) is 0.756. The highest BCUT2D eigenvalue weighted by atomic mass is 16.6. The van der Waals surface area contributed by atoms with Gasteiger partial charge < -0.3 is 25.3 Å². The number of benzene rings is 1. The van der Waals surface area contributed by atoms with E-state index in [4.69, 9.17) is 19.9 Å². The Bertz CT molecular complexity index is 416. The largest absolute Gasteiger partial charge is 0.486 e. The van der Waals surface area contributed by atoms with Crippen LogP contribution in [-0.4, -0.2) is 32.5 Å². The van der Waals surface area contributed by atoms with Gasteiger partial charge in [0.2, 0.25) is 0 Å². The number of hydrogen-bond acceptors (Lipinski definition) is 5. The lowest BCUT2D eigenvalue weighted by atomic mass is 10.2. The molecule has 0 radical (unpaired) electrons. The van der Waals surface area contributed by atoms with Gasteiger partial charge in [0.1, 0.15) is 13.2 Å². The fourth-order valence-electron chi connectivity index (χ4n) is 2.10. The molecule has 0 spiro atoms. The second kappa shape index (κ2) is 4.33. The zero-order chi connectivity index (χ0) is 11.7. The van der Waals surface area contributed by atoms with Gasteiger partial charge in [-0.2, -0.15) is 0 Å². The molecule has 0 aromatic heterocycles. The van der Waals surface area contributed by atoms with E-state index in [0.29, 0.717) is 24.9 Å². The molecule has 2 heterocycles. The minimum atomic E-state index is 0.333. The third kappa shape index (κ3) is 2.10. The molecule has 92 valence electrons. The number of hydrogen-bond donors (Lipinski definition) is 2. The molecule has 5 nitrogen and oxygen atoms in total. The van der Waals surface area contributed by atoms with E-state index in [9.17, 15) is 0 Å². The van der Waals surface area contributed by atoms with Crippen LogP contribution in [-0.2, 0) is 4.74 Å². The van der Waals surface area contributed by atoms with Gasteiger partial charge in [0, 0.05) is 18.7 Å². The second-order valence-corrected chi connectivity index (χ2v) is 4.29. The fraction of sp³-hybridized carbons (Fsp3) is 0.500. The van der Waals surface area contributed by atoms with Gasteiger partial charge in [-0.1, -0.05) is 0 Å². The molecule has 0 bridgehead atoms. The second-order valence-electron chi connectivity index (χ2n) is 4.29. The van der Waals surface area contributed by atoms with Gasteiger partial charge in [-0.25, -0.2) is 0 Å². The van der Waals surface area contributed by atoms with Crippen molar-refractivity contribution in [2.45, 2.75) is 12.5 Å². The summed E-state index contributed by atoms with van der Waals surface area (Å²) < 4.78 is 16.3. The van der Waals surface area contributed by atoms with Gasteiger partial charge in [-0.05, 0) is 6.42 Å². The molecule has 3 rings (SSSR count). The molecule has 2 aliphatic heterocycles. The molecular formula is C12H16N2O3. The van der Waals surface area contributed by atoms with Crippen LogP contribution in [0.2, 0.25) is 0 Å². The van der Waals surface area contributed by atoms with Gasteiger partial charge in [0.05, 0.1) is 24.0 Å². The summed E-state index contributed by atoms with van der Waals surface area (Å²) in [6.07, 6.45) is 1.01. The third-order valence-corrected chi connectivity index (χ3v) is 3.00. The summed E-state index contributed by atoms with van der Waals surface area (Å²) in [4.78, 5) is 0. The molecule has 0 aliphatic carbocycles. The van der Waals surface area contributed by atoms with Crippen LogP contribution in [0.1, 0.15) is 6.42 Å². The van der Waals surface area contributed by atoms with Crippen molar-refractivity contribution in [2.75, 3.05) is 37.5 Å². The number of ether oxygens (including phenoxy) is 3. The normalized spacial score (nSPS) is 22.5. The fourth-order valence-corrected chi connectivity index (χ4v) is 2.10. The summed E-state index contributed by atoms with van der Waals surface area (Å²) in [6.45, 7) is 2.70. The molecule has 17 heavy (non-hydrogen) atoms. The van der Waals surface area contributed by atoms with Crippen molar-refractivity contribution in [2.24, 2.45) is 0 Å². The number of rotatable bonds is 2. The van der Waals surface area contributed by atoms with Crippen molar-refractivity contribution in [3.8, 4) is 11.5 Å². The monoisotopic (exact) mass is 236 g/mol. The van der Waals surface area contributed by atoms with Crippen LogP contribution in [0.3, 0.4) is 0 Å². The lowest BCUT2D eigenvalue weighted by Crippen LogP contribution is -2.21. The highest BCUT2D eigenvalue weighted by Gasteiger charge is 2.19. The van der Waals surface area contributed by atoms with E-state index in [1.165, 1.54) is 0 Å². The van der Waals surface area contributed by atoms with E-state index in [2.05, 4.69) is 5.32 Å². The van der Waals surface area contributed by atoms with Crippen LogP contribution in [0.15, 0.2) is 12.1 Å². The summed E-state index contributed by atoms with van der Waals surface area (Å²) in [6, 6.07) is 4.05. The Morgan fingerprint density at radius 1 is 1.12 bits per heavy atom. The number of anilines is 2. The number of fused-ring (bicyclic) bond motifs is 1. The predicted octanol–water partition coefficient (Wildman–Crippen LogP) is 1.24. The van der Waals surface area contributed by atoms with Gasteiger partial charge >= 0.3 is 0 Å². The summed E-state index contributed by atoms with van der Waals surface area (Å²) in [5, 5.41) is 3.37. The average molecular weight is 236 g/mol. The first-order chi connectivity index (χ1) is 8.33. The van der Waals surface area contributed by atoms with E-state index in [-0.39, 0.29) is 0 Å². The number of nitrogens with one attached hydrogen (secondary N) is 1. The van der Waals surface area contributed by atoms with E-state index >= 15 is 0 Å². The topological polar surface area (TPSA) is 65.7 Å². The summed E-state index contributed by atoms with van der Waals surface area (Å²) >= 11 is 0. The van der Waals surface area contributed by atoms with Crippen LogP contribution in [0.25, 0.3) is 0 Å². The van der Waals surface area contributed by atoms with E-state index in [0.717, 1.165) is 36.8 Å². The zero-order valence-electron chi connectivity index (χ0n) is 9.57. The highest BCUT2D eigenvalue weighted by molar-refractivity contribution is 5.72. The summed E-state index contributed by atoms with van der Waals surface area (Å²) in [5.74, 6) is 1.48. The third-order valence-electron chi connectivity index (χ3n) is 3.00. The van der Waals surface area contributed by atoms with Gasteiger partial charge in [0.25, 0.3) is 0 Å². The maximum atomic E-state index is 5.98. The minimum absolute atomic E-state index is 0.333. The van der Waals surface area contributed by atoms with Crippen molar-refractivity contribution in [3.05, 3.63) is 12.1 Å². The molecule has 1 atom stereocenters. The van der Waals surface area contributed by atoms with Crippen LogP contribution in [0.5, 0.6) is 11.5 Å². The first kappa shape index (κ1) is 10.5. The molecule has 1 unspecified atom stereocenters. The minimum Gasteiger partial charge on any atom is -0.486 e. The molecule has 5 heteroatoms. The van der Waals surface area contributed by atoms with Crippen molar-refractivity contribution >= 4 is 11.4 Å². The van der Waals surface area contributed by atoms with Crippen LogP contribution in [0, 0.1) is 0 Å². The van der Waals surface area contributed by atoms with E-state index in [1.807, 2.05) is 12.1 Å². The maximum absolute atomic E-state index is 5.98. The Morgan fingerprint density at radius 3 is 2.59 bits per heavy atom. The molecule has 1 aromatic rings. The highest BCUT2D eigenvalue weighted by Crippen LogP contribution is 2.37. The standard InChI is InChI=1S/C12H16N2O3/c13-9-5-11-12(17-4-3-16-11)6-10(9)14-8-1-2-15-7-8/h5-6,8,14H,1-4,7,13H2. The van der Waals surface area contributed by atoms with Crippen molar-refractivity contribution < 1.29 is 14.2 Å². The van der Waals surface area contributed by atoms with Gasteiger partial charge in [0.15, 0.2) is 11.5 Å². The Kier molecular flexibility index (Phi) is 2.68. The molecule has 3 N–H and O–H groups in total. The van der Waals surface area contributed by atoms with Gasteiger partial charge in [-0.3, -0.25) is 0 Å². The number of nitrogen functional groups attached to an aromatic ring is 1. The summed E-state index contributed by atoms with van der Waals surface area (Å²) in [7, 11) is 0. The first-order valence-electron chi connectivity index (χ1n) is 5.86. The molecule has 0 amide bonds. The van der Waals surface area contributed by atoms with Crippen LogP contribution in [0.4, 0.5) is 11.4 Å². The lowest BCUT2D eigenvalue weighted by molar-refractivity contribution is 0.172. The molecule has 2 aliphatic rings. The zero-order valence-corrected chi connectivity index (χ0v) is 9.57. The molecule has 1 saturated heterocycles. The number of nitrogens with two attached hydrogens (primary N) is 1. The molecule has 1 aromatic carbocycles. The Balaban J connectivity index is 1.83. The maximum Gasteiger partial charge on any atom is 0.163 e. The smallest absolute Gasteiger partial charge is 0.163 e. The summed E-state index contributed by atoms with van der Waals surface area (Å²) in [5.41, 5.74) is 7.56. The Morgan fingerprint density at radius 2 is 1.88 bits per heavy atom. The van der Waals surface area contributed by atoms with E-state index in [1.54, 1.807) is 0 Å². The lowest BCUT2D eigenvalue weighted by Gasteiger charge is -2.21. The first-order valence-corrected chi connectivity index (χ1v) is 5.86. The van der Waals surface area contributed by atoms with Crippen LogP contribution >= 0.6 is 0 Å². The molecule has 0 saturated carbocycles. The SMILES string of the molecule is Nc1cc2c(cc1NC1CCOC1)OCCO2. The van der Waals surface area contributed by atoms with Crippen molar-refractivity contribution in [1.82, 2.24) is 0 Å². The molecular weight excluding hydrogens is 220 g/mol. The average Bonchev–Trinajstić information content (AvgIpc) is 2.83. The molecule has 1 fully saturated rings. The Labute approximate surface area is 99.8 Å². The van der Waals surface area contributed by atoms with Crippen molar-refractivity contribution in [3.63, 3.8) is 0 Å². The van der Waals surface area contributed by atoms with E-state index < -0.39 is 0 Å².